The fourth-order valence-corrected chi connectivity index (χ4v) is 2.24. The summed E-state index contributed by atoms with van der Waals surface area (Å²) in [5.41, 5.74) is 0.758. The number of rotatable bonds is 4. The molecule has 0 saturated heterocycles. The zero-order valence-corrected chi connectivity index (χ0v) is 10.7. The van der Waals surface area contributed by atoms with Gasteiger partial charge in [-0.2, -0.15) is 5.10 Å². The van der Waals surface area contributed by atoms with Crippen molar-refractivity contribution in [3.05, 3.63) is 30.1 Å². The summed E-state index contributed by atoms with van der Waals surface area (Å²) in [6.07, 6.45) is 6.37. The molecule has 1 heterocycles. The average Bonchev–Trinajstić information content (AvgIpc) is 2.81. The number of aliphatic carboxylic acids is 1. The van der Waals surface area contributed by atoms with Gasteiger partial charge in [0.25, 0.3) is 0 Å². The second-order valence-corrected chi connectivity index (χ2v) is 4.69. The number of nitrogens with one attached hydrogen (secondary N) is 1. The van der Waals surface area contributed by atoms with Gasteiger partial charge in [-0.15, -0.1) is 0 Å². The summed E-state index contributed by atoms with van der Waals surface area (Å²) >= 11 is 0. The lowest BCUT2D eigenvalue weighted by molar-refractivity contribution is -0.147. The number of carbonyl (C=O) groups excluding carboxylic acids is 1. The van der Waals surface area contributed by atoms with Crippen molar-refractivity contribution in [2.75, 3.05) is 0 Å². The van der Waals surface area contributed by atoms with Crippen LogP contribution in [0.2, 0.25) is 0 Å². The van der Waals surface area contributed by atoms with Gasteiger partial charge in [-0.05, 0) is 18.9 Å². The first-order valence-electron chi connectivity index (χ1n) is 6.22. The van der Waals surface area contributed by atoms with Gasteiger partial charge in [-0.3, -0.25) is 14.3 Å². The monoisotopic (exact) mass is 263 g/mol. The number of carboxylic acids is 1. The van der Waals surface area contributed by atoms with Gasteiger partial charge in [0.15, 0.2) is 0 Å². The first kappa shape index (κ1) is 13.3. The smallest absolute Gasteiger partial charge is 0.307 e. The van der Waals surface area contributed by atoms with Crippen LogP contribution in [0.25, 0.3) is 0 Å². The highest BCUT2D eigenvalue weighted by molar-refractivity contribution is 5.85. The van der Waals surface area contributed by atoms with Gasteiger partial charge in [-0.25, -0.2) is 0 Å². The minimum absolute atomic E-state index is 0.220. The van der Waals surface area contributed by atoms with E-state index in [1.54, 1.807) is 17.9 Å². The largest absolute Gasteiger partial charge is 0.481 e. The molecule has 2 N–H and O–H groups in total. The molecule has 19 heavy (non-hydrogen) atoms. The Morgan fingerprint density at radius 3 is 2.68 bits per heavy atom. The first-order chi connectivity index (χ1) is 9.08. The van der Waals surface area contributed by atoms with Gasteiger partial charge in [-0.1, -0.05) is 12.2 Å². The predicted octanol–water partition coefficient (Wildman–Crippen LogP) is 0.703. The summed E-state index contributed by atoms with van der Waals surface area (Å²) in [5.74, 6) is -2.26. The first-order valence-corrected chi connectivity index (χ1v) is 6.22. The molecular formula is C13H17N3O3. The predicted molar refractivity (Wildman–Crippen MR) is 68.0 cm³/mol. The molecule has 6 nitrogen and oxygen atoms in total. The second-order valence-electron chi connectivity index (χ2n) is 4.69. The number of aryl methyl sites for hydroxylation is 1. The lowest BCUT2D eigenvalue weighted by Crippen LogP contribution is -2.38. The maximum atomic E-state index is 12.1. The number of hydrogen-bond donors (Lipinski definition) is 2. The van der Waals surface area contributed by atoms with Gasteiger partial charge in [0.1, 0.15) is 0 Å². The number of carboxylic acid groups (broad SMARTS) is 1. The number of aromatic nitrogens is 2. The highest BCUT2D eigenvalue weighted by atomic mass is 16.4. The normalized spacial score (nSPS) is 22.2. The summed E-state index contributed by atoms with van der Waals surface area (Å²) in [6, 6.07) is 1.82. The second kappa shape index (κ2) is 5.69. The van der Waals surface area contributed by atoms with Crippen molar-refractivity contribution in [2.24, 2.45) is 18.9 Å². The van der Waals surface area contributed by atoms with E-state index in [-0.39, 0.29) is 5.91 Å². The van der Waals surface area contributed by atoms with Crippen molar-refractivity contribution < 1.29 is 14.7 Å². The SMILES string of the molecule is Cn1ccc(CNC(=O)[C@@H]2CC=CC[C@@H]2C(=O)O)n1. The molecule has 2 atom stereocenters. The lowest BCUT2D eigenvalue weighted by atomic mass is 9.82. The van der Waals surface area contributed by atoms with Crippen molar-refractivity contribution in [3.8, 4) is 0 Å². The maximum Gasteiger partial charge on any atom is 0.307 e. The quantitative estimate of drug-likeness (QED) is 0.783. The number of allylic oxidation sites excluding steroid dienone is 2. The fraction of sp³-hybridized carbons (Fsp3) is 0.462. The molecule has 2 rings (SSSR count). The number of carbonyl (C=O) groups is 2. The molecule has 102 valence electrons. The molecule has 0 radical (unpaired) electrons. The summed E-state index contributed by atoms with van der Waals surface area (Å²) in [4.78, 5) is 23.2. The van der Waals surface area contributed by atoms with E-state index >= 15 is 0 Å². The Morgan fingerprint density at radius 1 is 1.42 bits per heavy atom. The van der Waals surface area contributed by atoms with Crippen LogP contribution >= 0.6 is 0 Å². The zero-order chi connectivity index (χ0) is 13.8. The summed E-state index contributed by atoms with van der Waals surface area (Å²) in [5, 5.41) is 16.0. The molecule has 0 bridgehead atoms. The topological polar surface area (TPSA) is 84.2 Å². The third-order valence-corrected chi connectivity index (χ3v) is 3.30. The van der Waals surface area contributed by atoms with Crippen molar-refractivity contribution >= 4 is 11.9 Å². The van der Waals surface area contributed by atoms with Crippen LogP contribution in [0.3, 0.4) is 0 Å². The van der Waals surface area contributed by atoms with Crippen LogP contribution in [-0.4, -0.2) is 26.8 Å². The van der Waals surface area contributed by atoms with Crippen molar-refractivity contribution in [2.45, 2.75) is 19.4 Å². The Bertz CT molecular complexity index is 507. The molecule has 0 aromatic carbocycles. The van der Waals surface area contributed by atoms with Gasteiger partial charge >= 0.3 is 5.97 Å². The summed E-state index contributed by atoms with van der Waals surface area (Å²) < 4.78 is 1.66. The standard InChI is InChI=1S/C13H17N3O3/c1-16-7-6-9(15-16)8-14-12(17)10-4-2-3-5-11(10)13(18)19/h2-3,6-7,10-11H,4-5,8H2,1H3,(H,14,17)(H,18,19)/t10-,11+/m1/s1. The molecule has 1 aliphatic rings. The molecule has 1 aliphatic carbocycles. The lowest BCUT2D eigenvalue weighted by Gasteiger charge is -2.24. The molecule has 1 amide bonds. The molecule has 6 heteroatoms. The van der Waals surface area contributed by atoms with Crippen molar-refractivity contribution in [1.29, 1.82) is 0 Å². The van der Waals surface area contributed by atoms with Gasteiger partial charge in [0, 0.05) is 13.2 Å². The van der Waals surface area contributed by atoms with E-state index in [1.807, 2.05) is 18.2 Å². The Kier molecular flexibility index (Phi) is 3.99. The van der Waals surface area contributed by atoms with Crippen LogP contribution in [0.4, 0.5) is 0 Å². The minimum Gasteiger partial charge on any atom is -0.481 e. The Morgan fingerprint density at radius 2 is 2.11 bits per heavy atom. The Balaban J connectivity index is 1.95. The van der Waals surface area contributed by atoms with E-state index in [0.717, 1.165) is 5.69 Å². The van der Waals surface area contributed by atoms with Crippen molar-refractivity contribution in [3.63, 3.8) is 0 Å². The molecule has 0 spiro atoms. The zero-order valence-electron chi connectivity index (χ0n) is 10.7. The van der Waals surface area contributed by atoms with Gasteiger partial charge in [0.2, 0.25) is 5.91 Å². The average molecular weight is 263 g/mol. The molecule has 0 saturated carbocycles. The van der Waals surface area contributed by atoms with Crippen LogP contribution in [0.15, 0.2) is 24.4 Å². The van der Waals surface area contributed by atoms with Crippen LogP contribution in [0.5, 0.6) is 0 Å². The van der Waals surface area contributed by atoms with E-state index in [1.165, 1.54) is 0 Å². The molecule has 0 fully saturated rings. The van der Waals surface area contributed by atoms with Crippen LogP contribution < -0.4 is 5.32 Å². The molecule has 1 aromatic heterocycles. The van der Waals surface area contributed by atoms with E-state index in [4.69, 9.17) is 5.11 Å². The Labute approximate surface area is 111 Å². The van der Waals surface area contributed by atoms with E-state index in [0.29, 0.717) is 19.4 Å². The van der Waals surface area contributed by atoms with E-state index in [2.05, 4.69) is 10.4 Å². The molecule has 0 aliphatic heterocycles. The third-order valence-electron chi connectivity index (χ3n) is 3.30. The Hall–Kier alpha value is -2.11. The van der Waals surface area contributed by atoms with Crippen molar-refractivity contribution in [1.82, 2.24) is 15.1 Å². The van der Waals surface area contributed by atoms with Gasteiger partial charge in [0.05, 0.1) is 24.1 Å². The summed E-state index contributed by atoms with van der Waals surface area (Å²) in [6.45, 7) is 0.326. The molecule has 1 aromatic rings. The number of hydrogen-bond acceptors (Lipinski definition) is 3. The van der Waals surface area contributed by atoms with Crippen LogP contribution in [-0.2, 0) is 23.2 Å². The molecular weight excluding hydrogens is 246 g/mol. The van der Waals surface area contributed by atoms with E-state index in [9.17, 15) is 9.59 Å². The summed E-state index contributed by atoms with van der Waals surface area (Å²) in [7, 11) is 1.80. The van der Waals surface area contributed by atoms with Gasteiger partial charge < -0.3 is 10.4 Å². The third kappa shape index (κ3) is 3.21. The fourth-order valence-electron chi connectivity index (χ4n) is 2.24. The van der Waals surface area contributed by atoms with Crippen LogP contribution in [0.1, 0.15) is 18.5 Å². The van der Waals surface area contributed by atoms with Crippen LogP contribution in [0, 0.1) is 11.8 Å². The number of amides is 1. The highest BCUT2D eigenvalue weighted by Crippen LogP contribution is 2.26. The maximum absolute atomic E-state index is 12.1. The van der Waals surface area contributed by atoms with E-state index < -0.39 is 17.8 Å². The highest BCUT2D eigenvalue weighted by Gasteiger charge is 2.33. The molecule has 0 unspecified atom stereocenters. The minimum atomic E-state index is -0.915. The number of nitrogens with zero attached hydrogens (tertiary/aromatic N) is 2.